The molecule has 11 nitrogen and oxygen atoms in total. The highest BCUT2D eigenvalue weighted by molar-refractivity contribution is 5.88. The third kappa shape index (κ3) is 10.3. The maximum atomic E-state index is 12.1. The Hall–Kier alpha value is -2.66. The molecule has 0 aromatic rings. The van der Waals surface area contributed by atoms with Crippen LogP contribution in [0.25, 0.3) is 0 Å². The van der Waals surface area contributed by atoms with Gasteiger partial charge in [0.2, 0.25) is 11.8 Å². The van der Waals surface area contributed by atoms with Crippen LogP contribution in [-0.2, 0) is 28.6 Å². The minimum atomic E-state index is -1.30. The molecule has 0 saturated carbocycles. The summed E-state index contributed by atoms with van der Waals surface area (Å²) < 4.78 is 13.9. The number of aliphatic hydroxyl groups excluding tert-OH is 1. The molecule has 3 amide bonds. The van der Waals surface area contributed by atoms with Gasteiger partial charge < -0.3 is 34.9 Å². The van der Waals surface area contributed by atoms with Crippen molar-refractivity contribution >= 4 is 23.9 Å². The second-order valence-corrected chi connectivity index (χ2v) is 4.96. The first kappa shape index (κ1) is 23.3. The molecule has 1 unspecified atom stereocenters. The molecule has 0 bridgehead atoms. The number of methoxy groups -OCH3 is 2. The molecule has 0 saturated heterocycles. The predicted molar refractivity (Wildman–Crippen MR) is 88.5 cm³/mol. The Bertz CT molecular complexity index is 535. The maximum absolute atomic E-state index is 12.1. The molecule has 0 radical (unpaired) electrons. The summed E-state index contributed by atoms with van der Waals surface area (Å²) >= 11 is 0. The van der Waals surface area contributed by atoms with Crippen molar-refractivity contribution in [3.05, 3.63) is 11.8 Å². The monoisotopic (exact) mass is 375 g/mol. The third-order valence-electron chi connectivity index (χ3n) is 3.04. The highest BCUT2D eigenvalue weighted by Crippen LogP contribution is 1.96. The maximum Gasteiger partial charge on any atom is 0.412 e. The molecule has 1 atom stereocenters. The molecule has 0 aromatic carbocycles. The first-order valence-electron chi connectivity index (χ1n) is 7.64. The van der Waals surface area contributed by atoms with Gasteiger partial charge in [-0.3, -0.25) is 14.4 Å². The summed E-state index contributed by atoms with van der Waals surface area (Å²) in [6.45, 7) is 1.70. The predicted octanol–water partition coefficient (Wildman–Crippen LogP) is -1.28. The van der Waals surface area contributed by atoms with Gasteiger partial charge in [0, 0.05) is 7.11 Å². The minimum Gasteiger partial charge on any atom is -0.468 e. The Kier molecular flexibility index (Phi) is 11.4. The quantitative estimate of drug-likeness (QED) is 0.243. The fourth-order valence-electron chi connectivity index (χ4n) is 1.48. The molecular weight excluding hydrogens is 350 g/mol. The molecule has 3 N–H and O–H groups in total. The van der Waals surface area contributed by atoms with E-state index in [1.807, 2.05) is 0 Å². The van der Waals surface area contributed by atoms with Crippen molar-refractivity contribution in [3.8, 4) is 0 Å². The van der Waals surface area contributed by atoms with E-state index in [1.54, 1.807) is 19.9 Å². The van der Waals surface area contributed by atoms with Gasteiger partial charge in [0.15, 0.2) is 6.29 Å². The van der Waals surface area contributed by atoms with E-state index in [4.69, 9.17) is 4.74 Å². The number of hydrogen-bond acceptors (Lipinski definition) is 8. The van der Waals surface area contributed by atoms with Gasteiger partial charge >= 0.3 is 12.1 Å². The Balaban J connectivity index is 4.44. The number of alkyl carbamates (subject to hydrolysis) is 1. The Labute approximate surface area is 151 Å². The Morgan fingerprint density at radius 3 is 2.35 bits per heavy atom. The molecule has 0 spiro atoms. The van der Waals surface area contributed by atoms with Gasteiger partial charge in [-0.05, 0) is 19.9 Å². The lowest BCUT2D eigenvalue weighted by Gasteiger charge is -2.23. The fraction of sp³-hybridized carbons (Fsp3) is 0.600. The highest BCUT2D eigenvalue weighted by Gasteiger charge is 2.21. The van der Waals surface area contributed by atoms with Crippen molar-refractivity contribution in [2.75, 3.05) is 40.4 Å². The molecule has 26 heavy (non-hydrogen) atoms. The van der Waals surface area contributed by atoms with Crippen LogP contribution in [0.3, 0.4) is 0 Å². The number of nitrogens with one attached hydrogen (secondary N) is 2. The summed E-state index contributed by atoms with van der Waals surface area (Å²) in [7, 11) is 2.38. The van der Waals surface area contributed by atoms with E-state index in [2.05, 4.69) is 20.1 Å². The van der Waals surface area contributed by atoms with Crippen molar-refractivity contribution in [3.63, 3.8) is 0 Å². The van der Waals surface area contributed by atoms with Crippen LogP contribution in [0.1, 0.15) is 13.8 Å². The van der Waals surface area contributed by atoms with Crippen molar-refractivity contribution < 1.29 is 38.5 Å². The van der Waals surface area contributed by atoms with Crippen molar-refractivity contribution in [1.82, 2.24) is 15.5 Å². The zero-order chi connectivity index (χ0) is 20.1. The zero-order valence-corrected chi connectivity index (χ0v) is 15.2. The molecular formula is C15H25N3O8. The van der Waals surface area contributed by atoms with Crippen LogP contribution in [0.4, 0.5) is 4.79 Å². The molecule has 0 aliphatic rings. The number of allylic oxidation sites excluding steroid dienone is 2. The van der Waals surface area contributed by atoms with E-state index < -0.39 is 49.8 Å². The Morgan fingerprint density at radius 1 is 1.15 bits per heavy atom. The van der Waals surface area contributed by atoms with E-state index in [1.165, 1.54) is 7.11 Å². The van der Waals surface area contributed by atoms with Gasteiger partial charge in [0.25, 0.3) is 0 Å². The largest absolute Gasteiger partial charge is 0.468 e. The molecule has 0 heterocycles. The van der Waals surface area contributed by atoms with Crippen LogP contribution in [0.5, 0.6) is 0 Å². The summed E-state index contributed by atoms with van der Waals surface area (Å²) in [5.41, 5.74) is 0. The van der Waals surface area contributed by atoms with E-state index in [9.17, 15) is 24.3 Å². The average Bonchev–Trinajstić information content (AvgIpc) is 2.63. The first-order chi connectivity index (χ1) is 12.2. The smallest absolute Gasteiger partial charge is 0.412 e. The van der Waals surface area contributed by atoms with Crippen LogP contribution in [0.2, 0.25) is 0 Å². The number of carbonyl (C=O) groups is 4. The fourth-order valence-corrected chi connectivity index (χ4v) is 1.48. The van der Waals surface area contributed by atoms with Gasteiger partial charge in [-0.15, -0.1) is 0 Å². The van der Waals surface area contributed by atoms with Crippen LogP contribution in [0, 0.1) is 0 Å². The second-order valence-electron chi connectivity index (χ2n) is 4.96. The number of amides is 3. The molecule has 148 valence electrons. The van der Waals surface area contributed by atoms with E-state index in [0.29, 0.717) is 5.76 Å². The van der Waals surface area contributed by atoms with Crippen LogP contribution in [0.15, 0.2) is 11.8 Å². The molecule has 0 aliphatic heterocycles. The molecule has 0 fully saturated rings. The summed E-state index contributed by atoms with van der Waals surface area (Å²) in [6.07, 6.45) is -0.536. The SMILES string of the molecule is C/C=C(\C)OC(=O)NCC(=O)NCC(=O)N(CC(=O)OC)CC(O)OC. The van der Waals surface area contributed by atoms with Crippen molar-refractivity contribution in [1.29, 1.82) is 0 Å². The van der Waals surface area contributed by atoms with Crippen LogP contribution >= 0.6 is 0 Å². The second kappa shape index (κ2) is 12.7. The number of esters is 1. The third-order valence-corrected chi connectivity index (χ3v) is 3.04. The van der Waals surface area contributed by atoms with Gasteiger partial charge in [-0.1, -0.05) is 0 Å². The lowest BCUT2D eigenvalue weighted by molar-refractivity contribution is -0.152. The van der Waals surface area contributed by atoms with E-state index in [0.717, 1.165) is 12.0 Å². The molecule has 0 aliphatic carbocycles. The number of hydrogen-bond donors (Lipinski definition) is 3. The summed E-state index contributed by atoms with van der Waals surface area (Å²) in [6, 6.07) is 0. The zero-order valence-electron chi connectivity index (χ0n) is 15.2. The van der Waals surface area contributed by atoms with Crippen molar-refractivity contribution in [2.24, 2.45) is 0 Å². The van der Waals surface area contributed by atoms with Crippen molar-refractivity contribution in [2.45, 2.75) is 20.1 Å². The van der Waals surface area contributed by atoms with E-state index in [-0.39, 0.29) is 6.54 Å². The van der Waals surface area contributed by atoms with Gasteiger partial charge in [0.05, 0.1) is 20.2 Å². The molecule has 0 rings (SSSR count). The Morgan fingerprint density at radius 2 is 1.81 bits per heavy atom. The molecule has 0 aromatic heterocycles. The number of nitrogens with zero attached hydrogens (tertiary/aromatic N) is 1. The van der Waals surface area contributed by atoms with Gasteiger partial charge in [-0.2, -0.15) is 0 Å². The van der Waals surface area contributed by atoms with Crippen LogP contribution in [-0.4, -0.2) is 80.6 Å². The number of ether oxygens (including phenoxy) is 3. The number of aliphatic hydroxyl groups is 1. The summed E-state index contributed by atoms with van der Waals surface area (Å²) in [5.74, 6) is -1.61. The minimum absolute atomic E-state index is 0.284. The van der Waals surface area contributed by atoms with Crippen LogP contribution < -0.4 is 10.6 Å². The average molecular weight is 375 g/mol. The van der Waals surface area contributed by atoms with Gasteiger partial charge in [0.1, 0.15) is 18.8 Å². The first-order valence-corrected chi connectivity index (χ1v) is 7.64. The lowest BCUT2D eigenvalue weighted by atomic mass is 10.4. The summed E-state index contributed by atoms with van der Waals surface area (Å²) in [4.78, 5) is 47.4. The molecule has 11 heteroatoms. The number of rotatable bonds is 10. The topological polar surface area (TPSA) is 144 Å². The summed E-state index contributed by atoms with van der Waals surface area (Å²) in [5, 5.41) is 13.9. The highest BCUT2D eigenvalue weighted by atomic mass is 16.6. The van der Waals surface area contributed by atoms with E-state index >= 15 is 0 Å². The lowest BCUT2D eigenvalue weighted by Crippen LogP contribution is -2.47. The van der Waals surface area contributed by atoms with Gasteiger partial charge in [-0.25, -0.2) is 4.79 Å². The number of carbonyl (C=O) groups excluding carboxylic acids is 4. The standard InChI is InChI=1S/C15H25N3O8/c1-5-10(2)26-15(23)17-6-11(19)16-7-12(20)18(8-13(21)24-3)9-14(22)25-4/h5,13,21H,6-9H2,1-4H3,(H,16,19)(H,17,23)/b10-5+. The normalized spacial score (nSPS) is 12.0.